The molecule has 2 aromatic rings. The molecule has 0 aliphatic heterocycles. The standard InChI is InChI=1S/C18H22N2O3S/c1-2-15(12-21)19-18(22)20-16-8-6-7-14(11-16)13-24(23)17-9-4-3-5-10-17/h3-11,15,21H,2,12-13H2,1H3,(H2,19,20,22). The van der Waals surface area contributed by atoms with Gasteiger partial charge in [0.25, 0.3) is 0 Å². The minimum Gasteiger partial charge on any atom is -0.394 e. The van der Waals surface area contributed by atoms with Crippen LogP contribution in [-0.4, -0.2) is 28.0 Å². The van der Waals surface area contributed by atoms with Crippen LogP contribution in [0.15, 0.2) is 59.5 Å². The number of anilines is 1. The van der Waals surface area contributed by atoms with Crippen LogP contribution in [0.25, 0.3) is 0 Å². The maximum absolute atomic E-state index is 12.4. The summed E-state index contributed by atoms with van der Waals surface area (Å²) in [6.45, 7) is 1.79. The number of hydrogen-bond donors (Lipinski definition) is 3. The Morgan fingerprint density at radius 1 is 1.17 bits per heavy atom. The van der Waals surface area contributed by atoms with E-state index >= 15 is 0 Å². The van der Waals surface area contributed by atoms with Gasteiger partial charge in [-0.25, -0.2) is 4.79 Å². The van der Waals surface area contributed by atoms with E-state index in [4.69, 9.17) is 5.11 Å². The number of rotatable bonds is 7. The van der Waals surface area contributed by atoms with Gasteiger partial charge in [-0.15, -0.1) is 0 Å². The van der Waals surface area contributed by atoms with Gasteiger partial charge >= 0.3 is 6.03 Å². The smallest absolute Gasteiger partial charge is 0.319 e. The van der Waals surface area contributed by atoms with Crippen molar-refractivity contribution in [2.75, 3.05) is 11.9 Å². The molecule has 2 rings (SSSR count). The van der Waals surface area contributed by atoms with Crippen LogP contribution >= 0.6 is 0 Å². The first-order valence-electron chi connectivity index (χ1n) is 7.83. The summed E-state index contributed by atoms with van der Waals surface area (Å²) in [4.78, 5) is 12.7. The molecule has 6 heteroatoms. The van der Waals surface area contributed by atoms with Crippen LogP contribution in [0.1, 0.15) is 18.9 Å². The van der Waals surface area contributed by atoms with E-state index in [9.17, 15) is 9.00 Å². The number of benzene rings is 2. The largest absolute Gasteiger partial charge is 0.394 e. The average molecular weight is 346 g/mol. The third-order valence-corrected chi connectivity index (χ3v) is 4.93. The minimum atomic E-state index is -1.13. The molecule has 0 saturated heterocycles. The third kappa shape index (κ3) is 5.47. The number of carbonyl (C=O) groups is 1. The number of nitrogens with one attached hydrogen (secondary N) is 2. The highest BCUT2D eigenvalue weighted by atomic mass is 32.2. The third-order valence-electron chi connectivity index (χ3n) is 3.54. The lowest BCUT2D eigenvalue weighted by Gasteiger charge is -2.15. The molecule has 24 heavy (non-hydrogen) atoms. The summed E-state index contributed by atoms with van der Waals surface area (Å²) in [5.41, 5.74) is 1.51. The fraction of sp³-hybridized carbons (Fsp3) is 0.278. The summed E-state index contributed by atoms with van der Waals surface area (Å²) in [6.07, 6.45) is 0.653. The van der Waals surface area contributed by atoms with Crippen LogP contribution in [-0.2, 0) is 16.6 Å². The maximum atomic E-state index is 12.4. The van der Waals surface area contributed by atoms with Crippen LogP contribution in [0.3, 0.4) is 0 Å². The van der Waals surface area contributed by atoms with Gasteiger partial charge in [-0.3, -0.25) is 4.21 Å². The molecule has 2 aromatic carbocycles. The van der Waals surface area contributed by atoms with Gasteiger partial charge in [0.2, 0.25) is 0 Å². The van der Waals surface area contributed by atoms with E-state index in [2.05, 4.69) is 10.6 Å². The molecule has 0 fully saturated rings. The first kappa shape index (κ1) is 18.2. The summed E-state index contributed by atoms with van der Waals surface area (Å²) in [5.74, 6) is 0.384. The zero-order valence-corrected chi connectivity index (χ0v) is 14.4. The van der Waals surface area contributed by atoms with Crippen molar-refractivity contribution in [2.45, 2.75) is 30.0 Å². The van der Waals surface area contributed by atoms with E-state index in [1.807, 2.05) is 49.4 Å². The van der Waals surface area contributed by atoms with Gasteiger partial charge in [-0.1, -0.05) is 37.3 Å². The van der Waals surface area contributed by atoms with Gasteiger partial charge in [-0.05, 0) is 36.2 Å². The van der Waals surface area contributed by atoms with E-state index in [0.717, 1.165) is 10.5 Å². The summed E-state index contributed by atoms with van der Waals surface area (Å²) in [5, 5.41) is 14.5. The monoisotopic (exact) mass is 346 g/mol. The molecule has 0 saturated carbocycles. The van der Waals surface area contributed by atoms with Gasteiger partial charge in [0.1, 0.15) is 0 Å². The Hall–Kier alpha value is -2.18. The Balaban J connectivity index is 1.98. The molecular formula is C18H22N2O3S. The molecule has 0 bridgehead atoms. The van der Waals surface area contributed by atoms with Gasteiger partial charge in [-0.2, -0.15) is 0 Å². The van der Waals surface area contributed by atoms with E-state index in [-0.39, 0.29) is 18.7 Å². The normalized spacial score (nSPS) is 13.1. The highest BCUT2D eigenvalue weighted by Gasteiger charge is 2.10. The number of aliphatic hydroxyl groups is 1. The van der Waals surface area contributed by atoms with E-state index in [0.29, 0.717) is 17.9 Å². The summed E-state index contributed by atoms with van der Waals surface area (Å²) >= 11 is 0. The number of aliphatic hydroxyl groups excluding tert-OH is 1. The number of hydrogen-bond acceptors (Lipinski definition) is 3. The Kier molecular flexibility index (Phi) is 6.96. The lowest BCUT2D eigenvalue weighted by molar-refractivity contribution is 0.222. The highest BCUT2D eigenvalue weighted by molar-refractivity contribution is 7.84. The van der Waals surface area contributed by atoms with Crippen molar-refractivity contribution < 1.29 is 14.1 Å². The predicted molar refractivity (Wildman–Crippen MR) is 96.3 cm³/mol. The molecule has 0 aliphatic carbocycles. The predicted octanol–water partition coefficient (Wildman–Crippen LogP) is 2.89. The van der Waals surface area contributed by atoms with Crippen molar-refractivity contribution in [3.8, 4) is 0 Å². The van der Waals surface area contributed by atoms with Crippen LogP contribution < -0.4 is 10.6 Å². The fourth-order valence-electron chi connectivity index (χ4n) is 2.18. The van der Waals surface area contributed by atoms with Gasteiger partial charge < -0.3 is 15.7 Å². The lowest BCUT2D eigenvalue weighted by Crippen LogP contribution is -2.39. The first-order chi connectivity index (χ1) is 11.6. The minimum absolute atomic E-state index is 0.0972. The molecule has 0 radical (unpaired) electrons. The zero-order valence-electron chi connectivity index (χ0n) is 13.6. The quantitative estimate of drug-likeness (QED) is 0.721. The molecule has 3 N–H and O–H groups in total. The Bertz CT molecular complexity index is 688. The Labute approximate surface area is 144 Å². The van der Waals surface area contributed by atoms with Gasteiger partial charge in [0.15, 0.2) is 0 Å². The number of urea groups is 1. The molecule has 0 aliphatic rings. The van der Waals surface area contributed by atoms with Crippen molar-refractivity contribution in [3.05, 3.63) is 60.2 Å². The van der Waals surface area contributed by atoms with Crippen LogP contribution in [0, 0.1) is 0 Å². The molecule has 2 amide bonds. The Morgan fingerprint density at radius 2 is 1.92 bits per heavy atom. The molecule has 0 spiro atoms. The number of carbonyl (C=O) groups excluding carboxylic acids is 1. The lowest BCUT2D eigenvalue weighted by atomic mass is 10.2. The number of amides is 2. The van der Waals surface area contributed by atoms with E-state index < -0.39 is 10.8 Å². The van der Waals surface area contributed by atoms with Crippen LogP contribution in [0.5, 0.6) is 0 Å². The van der Waals surface area contributed by atoms with Crippen LogP contribution in [0.4, 0.5) is 10.5 Å². The first-order valence-corrected chi connectivity index (χ1v) is 9.15. The molecule has 2 unspecified atom stereocenters. The van der Waals surface area contributed by atoms with Crippen molar-refractivity contribution in [2.24, 2.45) is 0 Å². The molecule has 0 aromatic heterocycles. The summed E-state index contributed by atoms with van der Waals surface area (Å²) in [6, 6.07) is 15.9. The molecule has 0 heterocycles. The molecular weight excluding hydrogens is 324 g/mol. The average Bonchev–Trinajstić information content (AvgIpc) is 2.60. The molecule has 5 nitrogen and oxygen atoms in total. The second kappa shape index (κ2) is 9.20. The van der Waals surface area contributed by atoms with Gasteiger partial charge in [0, 0.05) is 10.6 Å². The zero-order chi connectivity index (χ0) is 17.4. The van der Waals surface area contributed by atoms with Crippen LogP contribution in [0.2, 0.25) is 0 Å². The molecule has 128 valence electrons. The van der Waals surface area contributed by atoms with Crippen molar-refractivity contribution in [3.63, 3.8) is 0 Å². The highest BCUT2D eigenvalue weighted by Crippen LogP contribution is 2.16. The maximum Gasteiger partial charge on any atom is 0.319 e. The van der Waals surface area contributed by atoms with Crippen molar-refractivity contribution in [1.29, 1.82) is 0 Å². The van der Waals surface area contributed by atoms with E-state index in [1.54, 1.807) is 12.1 Å². The van der Waals surface area contributed by atoms with Gasteiger partial charge in [0.05, 0.1) is 29.2 Å². The summed E-state index contributed by atoms with van der Waals surface area (Å²) in [7, 11) is -1.13. The van der Waals surface area contributed by atoms with Crippen molar-refractivity contribution >= 4 is 22.5 Å². The van der Waals surface area contributed by atoms with Crippen molar-refractivity contribution in [1.82, 2.24) is 5.32 Å². The SMILES string of the molecule is CCC(CO)NC(=O)Nc1cccc(CS(=O)c2ccccc2)c1. The second-order valence-electron chi connectivity index (χ2n) is 5.39. The second-order valence-corrected chi connectivity index (χ2v) is 6.84. The van der Waals surface area contributed by atoms with E-state index in [1.165, 1.54) is 0 Å². The topological polar surface area (TPSA) is 78.4 Å². The Morgan fingerprint density at radius 3 is 2.58 bits per heavy atom. The summed E-state index contributed by atoms with van der Waals surface area (Å²) < 4.78 is 12.4. The fourth-order valence-corrected chi connectivity index (χ4v) is 3.28. The molecule has 2 atom stereocenters.